The van der Waals surface area contributed by atoms with Crippen molar-refractivity contribution in [3.05, 3.63) is 35.9 Å². The minimum absolute atomic E-state index is 0.123. The fourth-order valence-electron chi connectivity index (χ4n) is 1.29. The number of amides is 2. The molecule has 1 aromatic rings. The van der Waals surface area contributed by atoms with Gasteiger partial charge in [0.2, 0.25) is 0 Å². The van der Waals surface area contributed by atoms with E-state index < -0.39 is 17.8 Å². The van der Waals surface area contributed by atoms with E-state index in [2.05, 4.69) is 5.10 Å². The number of nitrogens with two attached hydrogens (primary N) is 1. The molecule has 0 saturated carbocycles. The number of benzene rings is 1. The molecule has 0 heterocycles. The molecule has 1 aromatic carbocycles. The number of carboxylic acids is 1. The molecule has 2 amide bonds. The molecule has 0 aliphatic carbocycles. The minimum Gasteiger partial charge on any atom is -0.481 e. The number of nitrogens with zero attached hydrogens (tertiary/aromatic N) is 1. The summed E-state index contributed by atoms with van der Waals surface area (Å²) >= 11 is 0. The summed E-state index contributed by atoms with van der Waals surface area (Å²) < 4.78 is 0. The van der Waals surface area contributed by atoms with Crippen LogP contribution in [0.5, 0.6) is 0 Å². The van der Waals surface area contributed by atoms with Gasteiger partial charge in [0, 0.05) is 6.42 Å². The van der Waals surface area contributed by atoms with Gasteiger partial charge < -0.3 is 10.8 Å². The summed E-state index contributed by atoms with van der Waals surface area (Å²) in [5.74, 6) is -3.19. The fourth-order valence-corrected chi connectivity index (χ4v) is 1.29. The van der Waals surface area contributed by atoms with Crippen molar-refractivity contribution in [2.24, 2.45) is 10.8 Å². The third-order valence-electron chi connectivity index (χ3n) is 2.20. The first-order valence-electron chi connectivity index (χ1n) is 5.44. The standard InChI is InChI=1S/C12H13N3O4/c13-11(18)12(19)15-14-9(6-7-10(16)17)8-4-2-1-3-5-8/h1-5H,6-7H2,(H2,13,18)(H,15,19)(H,16,17). The van der Waals surface area contributed by atoms with Gasteiger partial charge in [0.1, 0.15) is 0 Å². The summed E-state index contributed by atoms with van der Waals surface area (Å²) in [7, 11) is 0. The highest BCUT2D eigenvalue weighted by molar-refractivity contribution is 6.34. The van der Waals surface area contributed by atoms with E-state index >= 15 is 0 Å². The van der Waals surface area contributed by atoms with E-state index in [1.165, 1.54) is 0 Å². The maximum absolute atomic E-state index is 11.0. The second-order valence-corrected chi connectivity index (χ2v) is 3.62. The number of aliphatic carboxylic acids is 1. The van der Waals surface area contributed by atoms with Crippen LogP contribution in [0.15, 0.2) is 35.4 Å². The van der Waals surface area contributed by atoms with Crippen LogP contribution in [0.2, 0.25) is 0 Å². The number of hydrogen-bond acceptors (Lipinski definition) is 4. The number of hydrazone groups is 1. The van der Waals surface area contributed by atoms with Crippen molar-refractivity contribution in [2.45, 2.75) is 12.8 Å². The zero-order valence-electron chi connectivity index (χ0n) is 10.00. The average molecular weight is 263 g/mol. The molecule has 0 unspecified atom stereocenters. The Morgan fingerprint density at radius 3 is 2.32 bits per heavy atom. The highest BCUT2D eigenvalue weighted by Crippen LogP contribution is 2.06. The Bertz CT molecular complexity index is 511. The first-order chi connectivity index (χ1) is 9.00. The second-order valence-electron chi connectivity index (χ2n) is 3.62. The Hall–Kier alpha value is -2.70. The molecule has 0 fully saturated rings. The fraction of sp³-hybridized carbons (Fsp3) is 0.167. The Balaban J connectivity index is 2.86. The SMILES string of the molecule is NC(=O)C(=O)NN=C(CCC(=O)O)c1ccccc1. The summed E-state index contributed by atoms with van der Waals surface area (Å²) in [5, 5.41) is 12.4. The largest absolute Gasteiger partial charge is 0.481 e. The van der Waals surface area contributed by atoms with Crippen molar-refractivity contribution < 1.29 is 19.5 Å². The maximum Gasteiger partial charge on any atom is 0.329 e. The predicted octanol–water partition coefficient (Wildman–Crippen LogP) is -0.143. The summed E-state index contributed by atoms with van der Waals surface area (Å²) in [5.41, 5.74) is 7.77. The molecule has 1 rings (SSSR count). The lowest BCUT2D eigenvalue weighted by atomic mass is 10.1. The molecule has 7 nitrogen and oxygen atoms in total. The molecule has 7 heteroatoms. The van der Waals surface area contributed by atoms with Gasteiger partial charge in [-0.1, -0.05) is 30.3 Å². The van der Waals surface area contributed by atoms with Gasteiger partial charge in [-0.25, -0.2) is 5.43 Å². The van der Waals surface area contributed by atoms with E-state index in [0.717, 1.165) is 0 Å². The Kier molecular flexibility index (Phi) is 5.21. The number of carbonyl (C=O) groups excluding carboxylic acids is 2. The van der Waals surface area contributed by atoms with Crippen molar-refractivity contribution in [2.75, 3.05) is 0 Å². The van der Waals surface area contributed by atoms with Crippen LogP contribution in [0, 0.1) is 0 Å². The molecule has 0 aliphatic heterocycles. The highest BCUT2D eigenvalue weighted by Gasteiger charge is 2.10. The zero-order valence-corrected chi connectivity index (χ0v) is 10.00. The molecule has 0 spiro atoms. The lowest BCUT2D eigenvalue weighted by Crippen LogP contribution is -2.33. The second kappa shape index (κ2) is 6.90. The van der Waals surface area contributed by atoms with Crippen molar-refractivity contribution in [1.82, 2.24) is 5.43 Å². The molecule has 0 atom stereocenters. The number of carboxylic acid groups (broad SMARTS) is 1. The van der Waals surface area contributed by atoms with Gasteiger partial charge in [0.15, 0.2) is 0 Å². The molecule has 0 aliphatic rings. The Morgan fingerprint density at radius 2 is 1.79 bits per heavy atom. The molecule has 100 valence electrons. The topological polar surface area (TPSA) is 122 Å². The number of carbonyl (C=O) groups is 3. The molecule has 4 N–H and O–H groups in total. The number of nitrogens with one attached hydrogen (secondary N) is 1. The van der Waals surface area contributed by atoms with Gasteiger partial charge in [0.25, 0.3) is 0 Å². The van der Waals surface area contributed by atoms with Gasteiger partial charge >= 0.3 is 17.8 Å². The van der Waals surface area contributed by atoms with Gasteiger partial charge in [-0.3, -0.25) is 14.4 Å². The quantitative estimate of drug-likeness (QED) is 0.388. The Morgan fingerprint density at radius 1 is 1.16 bits per heavy atom. The van der Waals surface area contributed by atoms with Crippen LogP contribution in [0.4, 0.5) is 0 Å². The highest BCUT2D eigenvalue weighted by atomic mass is 16.4. The van der Waals surface area contributed by atoms with Crippen LogP contribution in [0.25, 0.3) is 0 Å². The number of primary amides is 1. The molecule has 0 radical (unpaired) electrons. The van der Waals surface area contributed by atoms with E-state index in [1.807, 2.05) is 5.43 Å². The van der Waals surface area contributed by atoms with Crippen molar-refractivity contribution in [1.29, 1.82) is 0 Å². The van der Waals surface area contributed by atoms with Crippen LogP contribution < -0.4 is 11.2 Å². The molecule has 0 aromatic heterocycles. The molecule has 0 bridgehead atoms. The first kappa shape index (κ1) is 14.4. The van der Waals surface area contributed by atoms with Crippen LogP contribution in [0.1, 0.15) is 18.4 Å². The first-order valence-corrected chi connectivity index (χ1v) is 5.44. The van der Waals surface area contributed by atoms with E-state index in [0.29, 0.717) is 11.3 Å². The predicted molar refractivity (Wildman–Crippen MR) is 67.2 cm³/mol. The average Bonchev–Trinajstić information content (AvgIpc) is 2.39. The molecule has 0 saturated heterocycles. The van der Waals surface area contributed by atoms with Crippen LogP contribution in [-0.4, -0.2) is 28.6 Å². The van der Waals surface area contributed by atoms with Gasteiger partial charge in [-0.2, -0.15) is 5.10 Å². The summed E-state index contributed by atoms with van der Waals surface area (Å²) in [6.07, 6.45) is -0.0153. The normalized spacial score (nSPS) is 10.8. The minimum atomic E-state index is -1.16. The zero-order chi connectivity index (χ0) is 14.3. The van der Waals surface area contributed by atoms with Crippen molar-refractivity contribution in [3.63, 3.8) is 0 Å². The third-order valence-corrected chi connectivity index (χ3v) is 2.20. The number of rotatable bonds is 5. The summed E-state index contributed by atoms with van der Waals surface area (Å²) in [6, 6.07) is 8.73. The molecular formula is C12H13N3O4. The van der Waals surface area contributed by atoms with E-state index in [-0.39, 0.29) is 12.8 Å². The van der Waals surface area contributed by atoms with Crippen molar-refractivity contribution in [3.8, 4) is 0 Å². The Labute approximate surface area is 109 Å². The number of hydrogen-bond donors (Lipinski definition) is 3. The molecule has 19 heavy (non-hydrogen) atoms. The van der Waals surface area contributed by atoms with Gasteiger partial charge in [-0.05, 0) is 5.56 Å². The van der Waals surface area contributed by atoms with Crippen LogP contribution in [-0.2, 0) is 14.4 Å². The third kappa shape index (κ3) is 4.99. The lowest BCUT2D eigenvalue weighted by molar-refractivity contribution is -0.137. The van der Waals surface area contributed by atoms with E-state index in [1.54, 1.807) is 30.3 Å². The lowest BCUT2D eigenvalue weighted by Gasteiger charge is -2.05. The summed E-state index contributed by atoms with van der Waals surface area (Å²) in [6.45, 7) is 0. The monoisotopic (exact) mass is 263 g/mol. The van der Waals surface area contributed by atoms with Gasteiger partial charge in [0.05, 0.1) is 12.1 Å². The maximum atomic E-state index is 11.0. The van der Waals surface area contributed by atoms with E-state index in [9.17, 15) is 14.4 Å². The smallest absolute Gasteiger partial charge is 0.329 e. The van der Waals surface area contributed by atoms with Crippen LogP contribution >= 0.6 is 0 Å². The van der Waals surface area contributed by atoms with Crippen molar-refractivity contribution >= 4 is 23.5 Å². The molecular weight excluding hydrogens is 250 g/mol. The van der Waals surface area contributed by atoms with E-state index in [4.69, 9.17) is 10.8 Å². The summed E-state index contributed by atoms with van der Waals surface area (Å²) in [4.78, 5) is 32.1. The van der Waals surface area contributed by atoms with Crippen LogP contribution in [0.3, 0.4) is 0 Å². The van der Waals surface area contributed by atoms with Gasteiger partial charge in [-0.15, -0.1) is 0 Å².